The number of hydrogen-bond acceptors (Lipinski definition) is 7. The van der Waals surface area contributed by atoms with E-state index in [0.717, 1.165) is 18.2 Å². The van der Waals surface area contributed by atoms with Crippen LogP contribution in [0.4, 0.5) is 13.2 Å². The first kappa shape index (κ1) is 35.9. The lowest BCUT2D eigenvalue weighted by molar-refractivity contribution is -0.140. The van der Waals surface area contributed by atoms with Crippen LogP contribution in [-0.4, -0.2) is 57.3 Å². The Morgan fingerprint density at radius 2 is 1.64 bits per heavy atom. The van der Waals surface area contributed by atoms with Crippen LogP contribution in [0.3, 0.4) is 0 Å². The van der Waals surface area contributed by atoms with Gasteiger partial charge in [-0.05, 0) is 94.1 Å². The van der Waals surface area contributed by atoms with Gasteiger partial charge in [0, 0.05) is 30.1 Å². The number of fused-ring (bicyclic) bond motifs is 2. The molecule has 1 amide bonds. The van der Waals surface area contributed by atoms with Gasteiger partial charge in [0.05, 0.1) is 0 Å². The van der Waals surface area contributed by atoms with Crippen molar-refractivity contribution in [2.75, 3.05) is 7.11 Å². The van der Waals surface area contributed by atoms with E-state index in [-0.39, 0.29) is 23.7 Å². The number of rotatable bonds is 5. The predicted molar refractivity (Wildman–Crippen MR) is 157 cm³/mol. The maximum absolute atomic E-state index is 12.9. The van der Waals surface area contributed by atoms with Gasteiger partial charge in [0.1, 0.15) is 35.2 Å². The van der Waals surface area contributed by atoms with Gasteiger partial charge >= 0.3 is 11.9 Å². The van der Waals surface area contributed by atoms with Crippen molar-refractivity contribution in [3.63, 3.8) is 0 Å². The van der Waals surface area contributed by atoms with Crippen molar-refractivity contribution in [1.82, 2.24) is 10.3 Å². The molecular weight excluding hydrogens is 597 g/mol. The summed E-state index contributed by atoms with van der Waals surface area (Å²) in [5.41, 5.74) is 15.7. The first-order valence-electron chi connectivity index (χ1n) is 13.0. The Hall–Kier alpha value is -5.34. The van der Waals surface area contributed by atoms with Gasteiger partial charge in [0.25, 0.3) is 5.91 Å². The van der Waals surface area contributed by atoms with Gasteiger partial charge in [0.15, 0.2) is 0 Å². The molecule has 2 atom stereocenters. The second-order valence-corrected chi connectivity index (χ2v) is 9.22. The first-order valence-corrected chi connectivity index (χ1v) is 13.0. The van der Waals surface area contributed by atoms with Crippen molar-refractivity contribution in [1.29, 1.82) is 0 Å². The minimum atomic E-state index is -1.08. The zero-order valence-electron chi connectivity index (χ0n) is 23.8. The van der Waals surface area contributed by atoms with Gasteiger partial charge in [-0.15, -0.1) is 0 Å². The number of carbonyl (C=O) groups excluding carboxylic acids is 1. The normalized spacial score (nSPS) is 13.5. The number of halogens is 3. The van der Waals surface area contributed by atoms with Crippen molar-refractivity contribution in [2.24, 2.45) is 10.8 Å². The van der Waals surface area contributed by atoms with Crippen LogP contribution >= 0.6 is 0 Å². The Bertz CT molecular complexity index is 1700. The third-order valence-corrected chi connectivity index (χ3v) is 6.13. The van der Waals surface area contributed by atoms with Crippen molar-refractivity contribution < 1.29 is 42.9 Å². The molecule has 1 aliphatic heterocycles. The van der Waals surface area contributed by atoms with Crippen LogP contribution in [-0.2, 0) is 29.0 Å². The molecule has 0 bridgehead atoms. The summed E-state index contributed by atoms with van der Waals surface area (Å²) in [5.74, 6) is -3.84. The molecule has 0 saturated carbocycles. The number of carboxylic acid groups (broad SMARTS) is 2. The third-order valence-electron chi connectivity index (χ3n) is 6.13. The van der Waals surface area contributed by atoms with Crippen molar-refractivity contribution in [3.05, 3.63) is 123 Å². The SMILES string of the molecule is CO.NC(Cc1cccc(F)c1)C(=O)O.O=C(O)C1Cc2cc(F)ccc2CN1.[N-]=[N+]=NC(=O)c1cc2cc(F)ccc2cn1. The summed E-state index contributed by atoms with van der Waals surface area (Å²) in [5, 5.41) is 31.3. The summed E-state index contributed by atoms with van der Waals surface area (Å²) in [6, 6.07) is 14.2. The molecule has 0 fully saturated rings. The number of benzene rings is 3. The number of nitrogens with one attached hydrogen (secondary N) is 1. The number of hydrogen-bond donors (Lipinski definition) is 5. The largest absolute Gasteiger partial charge is 0.480 e. The lowest BCUT2D eigenvalue weighted by Crippen LogP contribution is -2.41. The quantitative estimate of drug-likeness (QED) is 0.122. The number of nitrogens with two attached hydrogens (primary N) is 1. The number of aromatic nitrogens is 1. The van der Waals surface area contributed by atoms with Gasteiger partial charge in [-0.2, -0.15) is 0 Å². The van der Waals surface area contributed by atoms with E-state index >= 15 is 0 Å². The van der Waals surface area contributed by atoms with Crippen molar-refractivity contribution in [2.45, 2.75) is 31.5 Å². The molecule has 45 heavy (non-hydrogen) atoms. The Morgan fingerprint density at radius 3 is 2.29 bits per heavy atom. The Labute approximate surface area is 254 Å². The molecule has 236 valence electrons. The van der Waals surface area contributed by atoms with Crippen LogP contribution in [0.15, 0.2) is 78.0 Å². The van der Waals surface area contributed by atoms with E-state index < -0.39 is 35.7 Å². The molecule has 12 nitrogen and oxygen atoms in total. The van der Waals surface area contributed by atoms with Crippen LogP contribution in [0.1, 0.15) is 27.2 Å². The fraction of sp³-hybridized carbons (Fsp3) is 0.200. The molecule has 0 spiro atoms. The Morgan fingerprint density at radius 1 is 0.978 bits per heavy atom. The van der Waals surface area contributed by atoms with Crippen LogP contribution in [0.2, 0.25) is 0 Å². The highest BCUT2D eigenvalue weighted by Crippen LogP contribution is 2.18. The lowest BCUT2D eigenvalue weighted by Gasteiger charge is -2.22. The average Bonchev–Trinajstić information content (AvgIpc) is 3.02. The van der Waals surface area contributed by atoms with E-state index in [1.807, 2.05) is 0 Å². The van der Waals surface area contributed by atoms with Crippen molar-refractivity contribution >= 4 is 28.6 Å². The molecule has 1 aromatic heterocycles. The number of pyridine rings is 1. The second kappa shape index (κ2) is 17.7. The van der Waals surface area contributed by atoms with Crippen molar-refractivity contribution in [3.8, 4) is 0 Å². The molecule has 0 saturated heterocycles. The zero-order valence-corrected chi connectivity index (χ0v) is 23.8. The third kappa shape index (κ3) is 11.3. The summed E-state index contributed by atoms with van der Waals surface area (Å²) < 4.78 is 38.4. The van der Waals surface area contributed by atoms with Crippen LogP contribution in [0, 0.1) is 17.5 Å². The van der Waals surface area contributed by atoms with E-state index in [2.05, 4.69) is 20.3 Å². The fourth-order valence-electron chi connectivity index (χ4n) is 3.98. The molecule has 1 aliphatic rings. The standard InChI is InChI=1S/C10H5FN4O.C10H10FNO2.C9H10FNO2.CH4O/c11-8-2-1-6-5-13-9(4-7(6)3-8)10(16)14-15-12;11-8-2-1-6-5-12-9(10(13)14)4-7(6)3-8;10-7-3-1-2-6(4-7)5-8(11)9(12)13;1-2/h1-5H;1-3,9,12H,4-5H2,(H,13,14);1-4,8H,5,11H2,(H,12,13);2H,1H3. The maximum Gasteiger partial charge on any atom is 0.321 e. The molecule has 2 unspecified atom stereocenters. The average molecular weight is 627 g/mol. The van der Waals surface area contributed by atoms with Gasteiger partial charge in [-0.3, -0.25) is 19.4 Å². The number of aliphatic hydroxyl groups excluding tert-OH is 1. The molecule has 4 aromatic rings. The summed E-state index contributed by atoms with van der Waals surface area (Å²) >= 11 is 0. The summed E-state index contributed by atoms with van der Waals surface area (Å²) in [7, 11) is 1.00. The molecule has 0 radical (unpaired) electrons. The number of amides is 1. The molecule has 2 heterocycles. The summed E-state index contributed by atoms with van der Waals surface area (Å²) in [6.45, 7) is 0.493. The number of carboxylic acids is 2. The molecule has 3 aromatic carbocycles. The van der Waals surface area contributed by atoms with E-state index in [0.29, 0.717) is 29.3 Å². The molecule has 0 aliphatic carbocycles. The lowest BCUT2D eigenvalue weighted by atomic mass is 9.96. The predicted octanol–water partition coefficient (Wildman–Crippen LogP) is 4.14. The van der Waals surface area contributed by atoms with Crippen LogP contribution < -0.4 is 11.1 Å². The first-order chi connectivity index (χ1) is 21.5. The highest BCUT2D eigenvalue weighted by molar-refractivity contribution is 5.96. The van der Waals surface area contributed by atoms with Crippen LogP contribution in [0.25, 0.3) is 21.2 Å². The number of nitrogens with zero attached hydrogens (tertiary/aromatic N) is 4. The highest BCUT2D eigenvalue weighted by Gasteiger charge is 2.23. The van der Waals surface area contributed by atoms with E-state index in [1.54, 1.807) is 18.2 Å². The number of azide groups is 1. The topological polar surface area (TPSA) is 212 Å². The molecule has 6 N–H and O–H groups in total. The minimum absolute atomic E-state index is 0.00380. The van der Waals surface area contributed by atoms with Gasteiger partial charge in [-0.25, -0.2) is 13.2 Å². The van der Waals surface area contributed by atoms with Crippen LogP contribution in [0.5, 0.6) is 0 Å². The smallest absolute Gasteiger partial charge is 0.321 e. The highest BCUT2D eigenvalue weighted by atomic mass is 19.1. The van der Waals surface area contributed by atoms with Gasteiger partial charge in [0.2, 0.25) is 0 Å². The Balaban J connectivity index is 0.000000230. The monoisotopic (exact) mass is 626 g/mol. The molecule has 15 heteroatoms. The Kier molecular flexibility index (Phi) is 14.1. The number of carbonyl (C=O) groups is 3. The van der Waals surface area contributed by atoms with Gasteiger partial charge in [-0.1, -0.05) is 18.2 Å². The van der Waals surface area contributed by atoms with E-state index in [9.17, 15) is 27.6 Å². The van der Waals surface area contributed by atoms with Gasteiger partial charge < -0.3 is 26.4 Å². The molecule has 5 rings (SSSR count). The summed E-state index contributed by atoms with van der Waals surface area (Å²) in [6.07, 6.45) is 1.92. The van der Waals surface area contributed by atoms with E-state index in [1.165, 1.54) is 54.7 Å². The minimum Gasteiger partial charge on any atom is -0.480 e. The maximum atomic E-state index is 12.9. The molecular formula is C30H29F3N6O6. The fourth-order valence-corrected chi connectivity index (χ4v) is 3.98. The second-order valence-electron chi connectivity index (χ2n) is 9.22. The number of aliphatic hydroxyl groups is 1. The zero-order chi connectivity index (χ0) is 33.5. The summed E-state index contributed by atoms with van der Waals surface area (Å²) in [4.78, 5) is 38.4. The number of aliphatic carboxylic acids is 2. The van der Waals surface area contributed by atoms with E-state index in [4.69, 9.17) is 26.6 Å².